The third kappa shape index (κ3) is 2.63. The van der Waals surface area contributed by atoms with E-state index in [0.717, 1.165) is 26.0 Å². The van der Waals surface area contributed by atoms with Crippen LogP contribution in [-0.2, 0) is 9.53 Å². The van der Waals surface area contributed by atoms with Gasteiger partial charge in [0, 0.05) is 25.2 Å². The summed E-state index contributed by atoms with van der Waals surface area (Å²) in [4.78, 5) is 11.8. The largest absolute Gasteiger partial charge is 0.368 e. The van der Waals surface area contributed by atoms with Gasteiger partial charge in [0.1, 0.15) is 6.10 Å². The lowest BCUT2D eigenvalue weighted by Gasteiger charge is -2.29. The number of fused-ring (bicyclic) bond motifs is 2. The van der Waals surface area contributed by atoms with Gasteiger partial charge in [-0.15, -0.1) is 0 Å². The van der Waals surface area contributed by atoms with E-state index in [-0.39, 0.29) is 12.0 Å². The summed E-state index contributed by atoms with van der Waals surface area (Å²) in [6, 6.07) is 1.41. The molecule has 0 aliphatic carbocycles. The molecule has 17 heavy (non-hydrogen) atoms. The number of carbonyl (C=O) groups is 1. The molecule has 3 aliphatic heterocycles. The molecule has 2 bridgehead atoms. The molecule has 3 atom stereocenters. The van der Waals surface area contributed by atoms with E-state index >= 15 is 0 Å². The highest BCUT2D eigenvalue weighted by molar-refractivity contribution is 5.80. The zero-order valence-electron chi connectivity index (χ0n) is 10.3. The molecule has 3 unspecified atom stereocenters. The molecule has 3 saturated heterocycles. The van der Waals surface area contributed by atoms with Crippen LogP contribution in [-0.4, -0.2) is 37.2 Å². The predicted molar refractivity (Wildman–Crippen MR) is 64.7 cm³/mol. The van der Waals surface area contributed by atoms with Crippen LogP contribution >= 0.6 is 0 Å². The molecular formula is C13H22N2O2. The molecule has 2 N–H and O–H groups in total. The summed E-state index contributed by atoms with van der Waals surface area (Å²) in [6.07, 6.45) is 6.83. The van der Waals surface area contributed by atoms with E-state index in [1.54, 1.807) is 0 Å². The Morgan fingerprint density at radius 1 is 1.24 bits per heavy atom. The second-order valence-corrected chi connectivity index (χ2v) is 5.72. The first-order valence-corrected chi connectivity index (χ1v) is 6.96. The molecule has 1 amide bonds. The molecule has 3 fully saturated rings. The summed E-state index contributed by atoms with van der Waals surface area (Å²) in [5.41, 5.74) is 0. The maximum atomic E-state index is 11.8. The Morgan fingerprint density at radius 3 is 2.65 bits per heavy atom. The average Bonchev–Trinajstić information content (AvgIpc) is 2.96. The van der Waals surface area contributed by atoms with Crippen LogP contribution in [0, 0.1) is 5.92 Å². The fourth-order valence-corrected chi connectivity index (χ4v) is 3.48. The molecule has 4 nitrogen and oxygen atoms in total. The Bertz CT molecular complexity index is 277. The van der Waals surface area contributed by atoms with E-state index in [2.05, 4.69) is 10.6 Å². The van der Waals surface area contributed by atoms with Crippen molar-refractivity contribution in [2.24, 2.45) is 5.92 Å². The molecule has 0 radical (unpaired) electrons. The molecule has 0 aromatic rings. The fourth-order valence-electron chi connectivity index (χ4n) is 3.48. The third-order valence-corrected chi connectivity index (χ3v) is 4.36. The second kappa shape index (κ2) is 4.94. The number of hydrogen-bond acceptors (Lipinski definition) is 3. The smallest absolute Gasteiger partial charge is 0.249 e. The number of rotatable bonds is 3. The van der Waals surface area contributed by atoms with Crippen LogP contribution in [0.2, 0.25) is 0 Å². The van der Waals surface area contributed by atoms with Crippen LogP contribution in [0.3, 0.4) is 0 Å². The van der Waals surface area contributed by atoms with Crippen LogP contribution < -0.4 is 10.6 Å². The van der Waals surface area contributed by atoms with E-state index < -0.39 is 0 Å². The van der Waals surface area contributed by atoms with Gasteiger partial charge >= 0.3 is 0 Å². The van der Waals surface area contributed by atoms with Crippen LogP contribution in [0.4, 0.5) is 0 Å². The highest BCUT2D eigenvalue weighted by Gasteiger charge is 2.33. The van der Waals surface area contributed by atoms with Crippen LogP contribution in [0.25, 0.3) is 0 Å². The van der Waals surface area contributed by atoms with Crippen molar-refractivity contribution >= 4 is 5.91 Å². The standard InChI is InChI=1S/C13H22N2O2/c16-13(12-2-1-5-17-12)14-8-9-6-10-3-4-11(7-9)15-10/h9-12,15H,1-8H2,(H,14,16). The van der Waals surface area contributed by atoms with Crippen molar-refractivity contribution in [2.75, 3.05) is 13.2 Å². The van der Waals surface area contributed by atoms with E-state index in [1.165, 1.54) is 25.7 Å². The van der Waals surface area contributed by atoms with Gasteiger partial charge in [0.2, 0.25) is 5.91 Å². The number of nitrogens with one attached hydrogen (secondary N) is 2. The molecule has 0 aromatic carbocycles. The van der Waals surface area contributed by atoms with Crippen molar-refractivity contribution in [3.8, 4) is 0 Å². The zero-order valence-corrected chi connectivity index (χ0v) is 10.3. The predicted octanol–water partition coefficient (Wildman–Crippen LogP) is 0.812. The van der Waals surface area contributed by atoms with Gasteiger partial charge in [0.25, 0.3) is 0 Å². The molecule has 96 valence electrons. The summed E-state index contributed by atoms with van der Waals surface area (Å²) >= 11 is 0. The Hall–Kier alpha value is -0.610. The molecule has 0 saturated carbocycles. The Kier molecular flexibility index (Phi) is 3.34. The molecular weight excluding hydrogens is 216 g/mol. The van der Waals surface area contributed by atoms with E-state index in [9.17, 15) is 4.79 Å². The second-order valence-electron chi connectivity index (χ2n) is 5.72. The Balaban J connectivity index is 1.43. The molecule has 3 heterocycles. The summed E-state index contributed by atoms with van der Waals surface area (Å²) in [5, 5.41) is 6.70. The maximum Gasteiger partial charge on any atom is 0.249 e. The van der Waals surface area contributed by atoms with Crippen molar-refractivity contribution in [3.63, 3.8) is 0 Å². The average molecular weight is 238 g/mol. The number of ether oxygens (including phenoxy) is 1. The van der Waals surface area contributed by atoms with Gasteiger partial charge in [-0.25, -0.2) is 0 Å². The quantitative estimate of drug-likeness (QED) is 0.765. The molecule has 4 heteroatoms. The van der Waals surface area contributed by atoms with Gasteiger partial charge in [-0.3, -0.25) is 4.79 Å². The maximum absolute atomic E-state index is 11.8. The number of hydrogen-bond donors (Lipinski definition) is 2. The number of carbonyl (C=O) groups excluding carboxylic acids is 1. The monoisotopic (exact) mass is 238 g/mol. The number of piperidine rings is 1. The van der Waals surface area contributed by atoms with Gasteiger partial charge in [0.05, 0.1) is 0 Å². The minimum atomic E-state index is -0.173. The lowest BCUT2D eigenvalue weighted by atomic mass is 9.92. The van der Waals surface area contributed by atoms with Crippen molar-refractivity contribution in [1.29, 1.82) is 0 Å². The van der Waals surface area contributed by atoms with Crippen LogP contribution in [0.15, 0.2) is 0 Å². The van der Waals surface area contributed by atoms with Gasteiger partial charge in [-0.1, -0.05) is 0 Å². The molecule has 3 rings (SSSR count). The Labute approximate surface area is 102 Å². The zero-order chi connectivity index (χ0) is 11.7. The molecule has 0 aromatic heterocycles. The first kappa shape index (κ1) is 11.5. The van der Waals surface area contributed by atoms with Gasteiger partial charge in [-0.2, -0.15) is 0 Å². The SMILES string of the molecule is O=C(NCC1CC2CCC(C1)N2)C1CCCO1. The van der Waals surface area contributed by atoms with E-state index in [4.69, 9.17) is 4.74 Å². The van der Waals surface area contributed by atoms with Gasteiger partial charge in [-0.05, 0) is 44.4 Å². The number of amides is 1. The van der Waals surface area contributed by atoms with Gasteiger partial charge < -0.3 is 15.4 Å². The minimum absolute atomic E-state index is 0.105. The third-order valence-electron chi connectivity index (χ3n) is 4.36. The summed E-state index contributed by atoms with van der Waals surface area (Å²) in [5.74, 6) is 0.771. The van der Waals surface area contributed by atoms with Crippen molar-refractivity contribution in [3.05, 3.63) is 0 Å². The minimum Gasteiger partial charge on any atom is -0.368 e. The fraction of sp³-hybridized carbons (Fsp3) is 0.923. The summed E-state index contributed by atoms with van der Waals surface area (Å²) < 4.78 is 5.38. The van der Waals surface area contributed by atoms with Crippen molar-refractivity contribution < 1.29 is 9.53 Å². The highest BCUT2D eigenvalue weighted by atomic mass is 16.5. The highest BCUT2D eigenvalue weighted by Crippen LogP contribution is 2.30. The van der Waals surface area contributed by atoms with Crippen LogP contribution in [0.5, 0.6) is 0 Å². The van der Waals surface area contributed by atoms with E-state index in [0.29, 0.717) is 18.0 Å². The summed E-state index contributed by atoms with van der Waals surface area (Å²) in [7, 11) is 0. The van der Waals surface area contributed by atoms with Gasteiger partial charge in [0.15, 0.2) is 0 Å². The lowest BCUT2D eigenvalue weighted by Crippen LogP contribution is -2.43. The van der Waals surface area contributed by atoms with Crippen molar-refractivity contribution in [2.45, 2.75) is 56.7 Å². The molecule has 3 aliphatic rings. The first-order valence-electron chi connectivity index (χ1n) is 6.96. The van der Waals surface area contributed by atoms with Crippen molar-refractivity contribution in [1.82, 2.24) is 10.6 Å². The topological polar surface area (TPSA) is 50.4 Å². The molecule has 0 spiro atoms. The van der Waals surface area contributed by atoms with Crippen LogP contribution in [0.1, 0.15) is 38.5 Å². The summed E-state index contributed by atoms with van der Waals surface area (Å²) in [6.45, 7) is 1.59. The Morgan fingerprint density at radius 2 is 2.00 bits per heavy atom. The van der Waals surface area contributed by atoms with E-state index in [1.807, 2.05) is 0 Å². The normalized spacial score (nSPS) is 40.5. The first-order chi connectivity index (χ1) is 8.31. The lowest BCUT2D eigenvalue weighted by molar-refractivity contribution is -0.130.